The third-order valence-corrected chi connectivity index (χ3v) is 11.2. The molecular weight excluding hydrogens is 705 g/mol. The molecule has 0 saturated heterocycles. The van der Waals surface area contributed by atoms with Crippen LogP contribution in [0.1, 0.15) is 0 Å². The van der Waals surface area contributed by atoms with Gasteiger partial charge >= 0.3 is 0 Å². The molecule has 0 radical (unpaired) electrons. The summed E-state index contributed by atoms with van der Waals surface area (Å²) in [6.45, 7) is 0. The molecular formula is C54H36N4. The minimum Gasteiger partial charge on any atom is -0.293 e. The lowest BCUT2D eigenvalue weighted by Crippen LogP contribution is -1.96. The number of fused-ring (bicyclic) bond motifs is 5. The summed E-state index contributed by atoms with van der Waals surface area (Å²) in [5.41, 5.74) is 17.6. The first-order chi connectivity index (χ1) is 28.8. The fourth-order valence-electron chi connectivity index (χ4n) is 8.35. The van der Waals surface area contributed by atoms with Crippen LogP contribution in [0.3, 0.4) is 0 Å². The Balaban J connectivity index is 1.05. The molecule has 0 unspecified atom stereocenters. The molecule has 11 aromatic rings. The fraction of sp³-hybridized carbons (Fsp3) is 0. The highest BCUT2D eigenvalue weighted by Gasteiger charge is 2.22. The van der Waals surface area contributed by atoms with Crippen molar-refractivity contribution in [3.8, 4) is 73.0 Å². The lowest BCUT2D eigenvalue weighted by molar-refractivity contribution is 1.15. The van der Waals surface area contributed by atoms with Gasteiger partial charge in [0.2, 0.25) is 0 Å². The van der Waals surface area contributed by atoms with Crippen LogP contribution < -0.4 is 0 Å². The van der Waals surface area contributed by atoms with E-state index in [1.807, 2.05) is 12.1 Å². The predicted octanol–water partition coefficient (Wildman–Crippen LogP) is 13.8. The van der Waals surface area contributed by atoms with E-state index in [4.69, 9.17) is 9.97 Å². The Kier molecular flexibility index (Phi) is 8.11. The van der Waals surface area contributed by atoms with E-state index in [9.17, 15) is 0 Å². The molecule has 11 rings (SSSR count). The number of aromatic nitrogens is 4. The standard InChI is InChI=1S/C54H36N4/c1-4-14-37(15-5-1)39-24-28-41(29-25-39)47-36-48(56-53(55-47)44-34-26-40(27-35-44)38-16-6-2-7-17-38)42-30-32-43(33-31-42)52-46-20-10-11-21-49(46)58-51-23-13-12-22-50(51)57(54(52)58)45-18-8-3-9-19-45/h1-36H. The quantitative estimate of drug-likeness (QED) is 0.163. The van der Waals surface area contributed by atoms with Gasteiger partial charge in [0.25, 0.3) is 0 Å². The van der Waals surface area contributed by atoms with Crippen LogP contribution in [0, 0.1) is 0 Å². The predicted molar refractivity (Wildman–Crippen MR) is 240 cm³/mol. The Hall–Kier alpha value is -7.82. The summed E-state index contributed by atoms with van der Waals surface area (Å²) < 4.78 is 4.81. The van der Waals surface area contributed by atoms with Crippen molar-refractivity contribution in [3.05, 3.63) is 218 Å². The molecule has 0 bridgehead atoms. The second-order valence-electron chi connectivity index (χ2n) is 14.6. The molecule has 58 heavy (non-hydrogen) atoms. The Morgan fingerprint density at radius 3 is 1.29 bits per heavy atom. The second-order valence-corrected chi connectivity index (χ2v) is 14.6. The fourth-order valence-corrected chi connectivity index (χ4v) is 8.35. The van der Waals surface area contributed by atoms with Gasteiger partial charge in [-0.25, -0.2) is 9.97 Å². The van der Waals surface area contributed by atoms with E-state index >= 15 is 0 Å². The molecule has 4 nitrogen and oxygen atoms in total. The normalized spacial score (nSPS) is 11.4. The first kappa shape index (κ1) is 33.5. The molecule has 0 atom stereocenters. The lowest BCUT2D eigenvalue weighted by atomic mass is 9.99. The van der Waals surface area contributed by atoms with E-state index in [0.29, 0.717) is 5.82 Å². The number of rotatable bonds is 7. The Morgan fingerprint density at radius 1 is 0.310 bits per heavy atom. The molecule has 3 aromatic heterocycles. The Bertz CT molecular complexity index is 3120. The van der Waals surface area contributed by atoms with Crippen LogP contribution >= 0.6 is 0 Å². The van der Waals surface area contributed by atoms with Crippen molar-refractivity contribution in [1.82, 2.24) is 18.9 Å². The van der Waals surface area contributed by atoms with E-state index in [2.05, 4.69) is 215 Å². The first-order valence-electron chi connectivity index (χ1n) is 19.7. The van der Waals surface area contributed by atoms with Gasteiger partial charge in [0.1, 0.15) is 5.65 Å². The average molecular weight is 741 g/mol. The molecule has 0 amide bonds. The van der Waals surface area contributed by atoms with Crippen molar-refractivity contribution in [1.29, 1.82) is 0 Å². The van der Waals surface area contributed by atoms with Gasteiger partial charge in [-0.2, -0.15) is 0 Å². The van der Waals surface area contributed by atoms with Crippen LogP contribution in [0.2, 0.25) is 0 Å². The van der Waals surface area contributed by atoms with Crippen molar-refractivity contribution in [3.63, 3.8) is 0 Å². The highest BCUT2D eigenvalue weighted by molar-refractivity contribution is 6.09. The summed E-state index contributed by atoms with van der Waals surface area (Å²) in [6, 6.07) is 77.3. The molecule has 8 aromatic carbocycles. The Morgan fingerprint density at radius 2 is 0.724 bits per heavy atom. The minimum absolute atomic E-state index is 0.691. The molecule has 0 aliphatic rings. The summed E-state index contributed by atoms with van der Waals surface area (Å²) in [7, 11) is 0. The summed E-state index contributed by atoms with van der Waals surface area (Å²) in [5.74, 6) is 0.691. The number of imidazole rings is 1. The van der Waals surface area contributed by atoms with Crippen molar-refractivity contribution in [2.45, 2.75) is 0 Å². The topological polar surface area (TPSA) is 35.1 Å². The average Bonchev–Trinajstić information content (AvgIpc) is 3.83. The van der Waals surface area contributed by atoms with E-state index in [1.165, 1.54) is 44.2 Å². The summed E-state index contributed by atoms with van der Waals surface area (Å²) in [6.07, 6.45) is 0. The smallest absolute Gasteiger partial charge is 0.160 e. The molecule has 0 fully saturated rings. The summed E-state index contributed by atoms with van der Waals surface area (Å²) >= 11 is 0. The van der Waals surface area contributed by atoms with E-state index < -0.39 is 0 Å². The molecule has 272 valence electrons. The van der Waals surface area contributed by atoms with Crippen molar-refractivity contribution in [2.24, 2.45) is 0 Å². The van der Waals surface area contributed by atoms with Gasteiger partial charge in [-0.1, -0.05) is 182 Å². The number of nitrogens with zero attached hydrogens (tertiary/aromatic N) is 4. The number of para-hydroxylation sites is 4. The lowest BCUT2D eigenvalue weighted by Gasteiger charge is -2.12. The first-order valence-corrected chi connectivity index (χ1v) is 19.7. The number of benzene rings is 8. The molecule has 0 saturated carbocycles. The number of hydrogen-bond acceptors (Lipinski definition) is 2. The Labute approximate surface area is 336 Å². The van der Waals surface area contributed by atoms with Gasteiger partial charge < -0.3 is 0 Å². The molecule has 0 aliphatic carbocycles. The monoisotopic (exact) mass is 740 g/mol. The maximum absolute atomic E-state index is 5.22. The van der Waals surface area contributed by atoms with E-state index in [-0.39, 0.29) is 0 Å². The third kappa shape index (κ3) is 5.78. The van der Waals surface area contributed by atoms with E-state index in [0.717, 1.165) is 50.5 Å². The van der Waals surface area contributed by atoms with Gasteiger partial charge in [0.15, 0.2) is 5.82 Å². The van der Waals surface area contributed by atoms with Gasteiger partial charge in [-0.05, 0) is 64.2 Å². The molecule has 4 heteroatoms. The minimum atomic E-state index is 0.691. The van der Waals surface area contributed by atoms with Crippen molar-refractivity contribution < 1.29 is 0 Å². The second kappa shape index (κ2) is 14.0. The summed E-state index contributed by atoms with van der Waals surface area (Å²) in [4.78, 5) is 10.4. The molecule has 0 spiro atoms. The highest BCUT2D eigenvalue weighted by atomic mass is 15.1. The van der Waals surface area contributed by atoms with Gasteiger partial charge in [-0.15, -0.1) is 0 Å². The van der Waals surface area contributed by atoms with Gasteiger partial charge in [-0.3, -0.25) is 8.97 Å². The molecule has 0 aliphatic heterocycles. The van der Waals surface area contributed by atoms with Crippen LogP contribution in [-0.2, 0) is 0 Å². The zero-order valence-corrected chi connectivity index (χ0v) is 31.6. The zero-order valence-electron chi connectivity index (χ0n) is 31.6. The molecule has 3 heterocycles. The van der Waals surface area contributed by atoms with Crippen LogP contribution in [0.25, 0.3) is 101 Å². The maximum atomic E-state index is 5.22. The van der Waals surface area contributed by atoms with Crippen molar-refractivity contribution >= 4 is 27.6 Å². The SMILES string of the molecule is c1ccc(-c2ccc(-c3cc(-c4ccc(-c5c6ccccc6n6c7ccccc7n(-c7ccccc7)c56)cc4)nc(-c4ccc(-c5ccccc5)cc4)n3)cc2)cc1. The van der Waals surface area contributed by atoms with Crippen LogP contribution in [0.15, 0.2) is 218 Å². The summed E-state index contributed by atoms with van der Waals surface area (Å²) in [5, 5.41) is 1.21. The van der Waals surface area contributed by atoms with Crippen molar-refractivity contribution in [2.75, 3.05) is 0 Å². The largest absolute Gasteiger partial charge is 0.293 e. The third-order valence-electron chi connectivity index (χ3n) is 11.2. The van der Waals surface area contributed by atoms with Gasteiger partial charge in [0, 0.05) is 33.3 Å². The molecule has 0 N–H and O–H groups in total. The number of hydrogen-bond donors (Lipinski definition) is 0. The van der Waals surface area contributed by atoms with E-state index in [1.54, 1.807) is 0 Å². The van der Waals surface area contributed by atoms with Crippen LogP contribution in [0.4, 0.5) is 0 Å². The highest BCUT2D eigenvalue weighted by Crippen LogP contribution is 2.41. The van der Waals surface area contributed by atoms with Crippen LogP contribution in [0.5, 0.6) is 0 Å². The maximum Gasteiger partial charge on any atom is 0.160 e. The van der Waals surface area contributed by atoms with Gasteiger partial charge in [0.05, 0.1) is 27.9 Å². The zero-order chi connectivity index (χ0) is 38.4. The van der Waals surface area contributed by atoms with Crippen LogP contribution in [-0.4, -0.2) is 18.9 Å².